The fourth-order valence-electron chi connectivity index (χ4n) is 1.39. The Balaban J connectivity index is 2.30. The van der Waals surface area contributed by atoms with Crippen LogP contribution in [0.5, 0.6) is 0 Å². The summed E-state index contributed by atoms with van der Waals surface area (Å²) in [7, 11) is 1.59. The van der Waals surface area contributed by atoms with E-state index in [1.165, 1.54) is 4.68 Å². The number of methoxy groups -OCH3 is 1. The van der Waals surface area contributed by atoms with Crippen molar-refractivity contribution in [1.82, 2.24) is 15.0 Å². The first-order chi connectivity index (χ1) is 8.67. The third kappa shape index (κ3) is 5.09. The Hall–Kier alpha value is -1.02. The molecule has 0 saturated heterocycles. The van der Waals surface area contributed by atoms with Crippen LogP contribution in [0.25, 0.3) is 0 Å². The van der Waals surface area contributed by atoms with Crippen molar-refractivity contribution in [3.8, 4) is 0 Å². The zero-order chi connectivity index (χ0) is 13.4. The van der Waals surface area contributed by atoms with Gasteiger partial charge in [0.15, 0.2) is 0 Å². The Morgan fingerprint density at radius 3 is 2.83 bits per heavy atom. The fraction of sp³-hybridized carbons (Fsp3) is 0.818. The second kappa shape index (κ2) is 8.15. The van der Waals surface area contributed by atoms with E-state index in [4.69, 9.17) is 9.47 Å². The van der Waals surface area contributed by atoms with Gasteiger partial charge in [0.25, 0.3) is 0 Å². The molecule has 7 heteroatoms. The summed E-state index contributed by atoms with van der Waals surface area (Å²) in [5, 5.41) is 26.9. The Kier molecular flexibility index (Phi) is 6.81. The SMILES string of the molecule is CCC(O)c1cn(CC(O)COCCOC)nn1. The summed E-state index contributed by atoms with van der Waals surface area (Å²) in [5.41, 5.74) is 0.519. The number of hydrogen-bond donors (Lipinski definition) is 2. The summed E-state index contributed by atoms with van der Waals surface area (Å²) in [5.74, 6) is 0. The molecule has 0 radical (unpaired) electrons. The molecule has 2 unspecified atom stereocenters. The molecule has 1 aromatic heterocycles. The molecule has 0 saturated carbocycles. The third-order valence-corrected chi connectivity index (χ3v) is 2.42. The lowest BCUT2D eigenvalue weighted by molar-refractivity contribution is 0.00578. The fourth-order valence-corrected chi connectivity index (χ4v) is 1.39. The van der Waals surface area contributed by atoms with Crippen LogP contribution in [0.4, 0.5) is 0 Å². The quantitative estimate of drug-likeness (QED) is 0.594. The van der Waals surface area contributed by atoms with E-state index in [1.807, 2.05) is 6.92 Å². The van der Waals surface area contributed by atoms with Crippen molar-refractivity contribution in [2.75, 3.05) is 26.9 Å². The van der Waals surface area contributed by atoms with E-state index in [2.05, 4.69) is 10.3 Å². The third-order valence-electron chi connectivity index (χ3n) is 2.42. The molecule has 0 fully saturated rings. The molecule has 0 bridgehead atoms. The van der Waals surface area contributed by atoms with Gasteiger partial charge in [-0.25, -0.2) is 4.68 Å². The molecular weight excluding hydrogens is 238 g/mol. The summed E-state index contributed by atoms with van der Waals surface area (Å²) in [4.78, 5) is 0. The number of ether oxygens (including phenoxy) is 2. The van der Waals surface area contributed by atoms with Crippen molar-refractivity contribution in [2.45, 2.75) is 32.1 Å². The summed E-state index contributed by atoms with van der Waals surface area (Å²) < 4.78 is 11.5. The Bertz CT molecular complexity index is 332. The van der Waals surface area contributed by atoms with Gasteiger partial charge >= 0.3 is 0 Å². The highest BCUT2D eigenvalue weighted by molar-refractivity contribution is 4.96. The minimum absolute atomic E-state index is 0.217. The molecule has 7 nitrogen and oxygen atoms in total. The molecule has 104 valence electrons. The lowest BCUT2D eigenvalue weighted by Gasteiger charge is -2.10. The first-order valence-corrected chi connectivity index (χ1v) is 6.00. The van der Waals surface area contributed by atoms with Crippen LogP contribution in [0.3, 0.4) is 0 Å². The number of hydrogen-bond acceptors (Lipinski definition) is 6. The second-order valence-electron chi connectivity index (χ2n) is 4.01. The molecular formula is C11H21N3O4. The van der Waals surface area contributed by atoms with E-state index in [1.54, 1.807) is 13.3 Å². The maximum atomic E-state index is 9.69. The minimum Gasteiger partial charge on any atom is -0.389 e. The highest BCUT2D eigenvalue weighted by Gasteiger charge is 2.12. The highest BCUT2D eigenvalue weighted by atomic mass is 16.5. The van der Waals surface area contributed by atoms with Gasteiger partial charge in [-0.2, -0.15) is 0 Å². The van der Waals surface area contributed by atoms with E-state index in [0.717, 1.165) is 0 Å². The molecule has 1 aromatic rings. The predicted octanol–water partition coefficient (Wildman–Crippen LogP) is -0.255. The van der Waals surface area contributed by atoms with Crippen molar-refractivity contribution in [3.05, 3.63) is 11.9 Å². The zero-order valence-corrected chi connectivity index (χ0v) is 10.8. The summed E-state index contributed by atoms with van der Waals surface area (Å²) in [6, 6.07) is 0. The van der Waals surface area contributed by atoms with Crippen LogP contribution in [0.2, 0.25) is 0 Å². The molecule has 18 heavy (non-hydrogen) atoms. The topological polar surface area (TPSA) is 89.6 Å². The van der Waals surface area contributed by atoms with E-state index in [0.29, 0.717) is 25.3 Å². The average Bonchev–Trinajstić information content (AvgIpc) is 2.82. The Morgan fingerprint density at radius 2 is 2.17 bits per heavy atom. The van der Waals surface area contributed by atoms with Crippen molar-refractivity contribution >= 4 is 0 Å². The smallest absolute Gasteiger partial charge is 0.111 e. The van der Waals surface area contributed by atoms with E-state index in [9.17, 15) is 10.2 Å². The Morgan fingerprint density at radius 1 is 1.39 bits per heavy atom. The van der Waals surface area contributed by atoms with E-state index in [-0.39, 0.29) is 13.2 Å². The van der Waals surface area contributed by atoms with Crippen LogP contribution in [0.15, 0.2) is 6.20 Å². The monoisotopic (exact) mass is 259 g/mol. The molecule has 0 aliphatic heterocycles. The minimum atomic E-state index is -0.657. The van der Waals surface area contributed by atoms with Gasteiger partial charge in [-0.3, -0.25) is 0 Å². The average molecular weight is 259 g/mol. The normalized spacial score (nSPS) is 14.7. The molecule has 1 heterocycles. The summed E-state index contributed by atoms with van der Waals surface area (Å²) in [6.07, 6.45) is 0.956. The first-order valence-electron chi connectivity index (χ1n) is 6.00. The number of rotatable bonds is 9. The van der Waals surface area contributed by atoms with Gasteiger partial charge in [0.2, 0.25) is 0 Å². The van der Waals surface area contributed by atoms with Crippen LogP contribution in [0.1, 0.15) is 25.1 Å². The van der Waals surface area contributed by atoms with Crippen molar-refractivity contribution in [2.24, 2.45) is 0 Å². The maximum absolute atomic E-state index is 9.69. The van der Waals surface area contributed by atoms with Crippen molar-refractivity contribution in [3.63, 3.8) is 0 Å². The van der Waals surface area contributed by atoms with Crippen LogP contribution < -0.4 is 0 Å². The van der Waals surface area contributed by atoms with Crippen molar-refractivity contribution < 1.29 is 19.7 Å². The molecule has 1 rings (SSSR count). The summed E-state index contributed by atoms with van der Waals surface area (Å²) in [6.45, 7) is 3.32. The van der Waals surface area contributed by atoms with Gasteiger partial charge in [0.05, 0.1) is 44.8 Å². The van der Waals surface area contributed by atoms with Gasteiger partial charge < -0.3 is 19.7 Å². The van der Waals surface area contributed by atoms with E-state index < -0.39 is 12.2 Å². The number of aromatic nitrogens is 3. The molecule has 0 amide bonds. The Labute approximate surface area is 106 Å². The van der Waals surface area contributed by atoms with Crippen LogP contribution in [-0.4, -0.2) is 58.2 Å². The molecule has 0 spiro atoms. The molecule has 0 aliphatic rings. The first kappa shape index (κ1) is 15.0. The lowest BCUT2D eigenvalue weighted by Crippen LogP contribution is -2.23. The molecule has 0 aliphatic carbocycles. The van der Waals surface area contributed by atoms with Crippen LogP contribution >= 0.6 is 0 Å². The predicted molar refractivity (Wildman–Crippen MR) is 64.0 cm³/mol. The zero-order valence-electron chi connectivity index (χ0n) is 10.8. The molecule has 0 aromatic carbocycles. The summed E-state index contributed by atoms with van der Waals surface area (Å²) >= 11 is 0. The van der Waals surface area contributed by atoms with Crippen LogP contribution in [0, 0.1) is 0 Å². The second-order valence-corrected chi connectivity index (χ2v) is 4.01. The standard InChI is InChI=1S/C11H21N3O4/c1-3-11(16)10-7-14(13-12-10)6-9(15)8-18-5-4-17-2/h7,9,11,15-16H,3-6,8H2,1-2H3. The number of aliphatic hydroxyl groups excluding tert-OH is 2. The highest BCUT2D eigenvalue weighted by Crippen LogP contribution is 2.11. The van der Waals surface area contributed by atoms with E-state index >= 15 is 0 Å². The number of nitrogens with zero attached hydrogens (tertiary/aromatic N) is 3. The van der Waals surface area contributed by atoms with Gasteiger partial charge in [-0.05, 0) is 6.42 Å². The van der Waals surface area contributed by atoms with Gasteiger partial charge in [0.1, 0.15) is 5.69 Å². The van der Waals surface area contributed by atoms with Gasteiger partial charge in [0, 0.05) is 7.11 Å². The molecule has 2 N–H and O–H groups in total. The van der Waals surface area contributed by atoms with Gasteiger partial charge in [-0.1, -0.05) is 12.1 Å². The molecule has 2 atom stereocenters. The van der Waals surface area contributed by atoms with Gasteiger partial charge in [-0.15, -0.1) is 5.10 Å². The van der Waals surface area contributed by atoms with Crippen molar-refractivity contribution in [1.29, 1.82) is 0 Å². The maximum Gasteiger partial charge on any atom is 0.111 e. The van der Waals surface area contributed by atoms with Crippen LogP contribution in [-0.2, 0) is 16.0 Å². The number of aliphatic hydroxyl groups is 2. The lowest BCUT2D eigenvalue weighted by atomic mass is 10.2. The largest absolute Gasteiger partial charge is 0.389 e.